The van der Waals surface area contributed by atoms with Gasteiger partial charge >= 0.3 is 0 Å². The zero-order valence-electron chi connectivity index (χ0n) is 14.8. The average Bonchev–Trinajstić information content (AvgIpc) is 3.19. The second-order valence-electron chi connectivity index (χ2n) is 6.27. The highest BCUT2D eigenvalue weighted by molar-refractivity contribution is 6.17. The first-order valence-corrected chi connectivity index (χ1v) is 8.93. The quantitative estimate of drug-likeness (QED) is 0.414. The van der Waals surface area contributed by atoms with Crippen LogP contribution in [0.2, 0.25) is 0 Å². The zero-order valence-corrected chi connectivity index (χ0v) is 14.8. The maximum Gasteiger partial charge on any atom is 0.119 e. The largest absolute Gasteiger partial charge is 0.491 e. The summed E-state index contributed by atoms with van der Waals surface area (Å²) in [5, 5.41) is 13.2. The Bertz CT molecular complexity index is 923. The van der Waals surface area contributed by atoms with Crippen LogP contribution in [-0.4, -0.2) is 58.1 Å². The van der Waals surface area contributed by atoms with Crippen molar-refractivity contribution in [3.05, 3.63) is 66.2 Å². The van der Waals surface area contributed by atoms with Crippen molar-refractivity contribution in [2.75, 3.05) is 26.2 Å². The minimum absolute atomic E-state index is 0.252. The maximum atomic E-state index is 10.0. The standard InChI is InChI=1S/C20H21N5O2/c26-14(12-27-15-4-2-1-3-5-15)11-21-8-9-23-20-16-6-7-22-19(16)17-10-18(20)25-13-24-17/h1-7,10,13-14,21-22,26H,8-9,11-12H2. The fourth-order valence-corrected chi connectivity index (χ4v) is 2.99. The van der Waals surface area contributed by atoms with Crippen molar-refractivity contribution >= 4 is 5.71 Å². The zero-order chi connectivity index (χ0) is 18.5. The lowest BCUT2D eigenvalue weighted by atomic mass is 9.99. The fourth-order valence-electron chi connectivity index (χ4n) is 2.99. The molecule has 0 saturated carbocycles. The molecule has 27 heavy (non-hydrogen) atoms. The van der Waals surface area contributed by atoms with E-state index in [-0.39, 0.29) is 6.61 Å². The summed E-state index contributed by atoms with van der Waals surface area (Å²) in [5.74, 6) is 0.756. The lowest BCUT2D eigenvalue weighted by molar-refractivity contribution is 0.107. The first-order chi connectivity index (χ1) is 13.3. The van der Waals surface area contributed by atoms with E-state index in [1.54, 1.807) is 6.33 Å². The summed E-state index contributed by atoms with van der Waals surface area (Å²) in [4.78, 5) is 16.5. The van der Waals surface area contributed by atoms with Gasteiger partial charge in [-0.15, -0.1) is 0 Å². The summed E-state index contributed by atoms with van der Waals surface area (Å²) in [6.07, 6.45) is 2.87. The SMILES string of the molecule is OC(CNCCN=C1c2cc(ncn2)-c2[nH]ccc21)COc1ccccc1. The molecule has 0 saturated heterocycles. The molecule has 0 aliphatic heterocycles. The van der Waals surface area contributed by atoms with Crippen LogP contribution in [0.1, 0.15) is 11.3 Å². The molecule has 2 heterocycles. The molecule has 7 heteroatoms. The van der Waals surface area contributed by atoms with Crippen molar-refractivity contribution in [2.45, 2.75) is 6.10 Å². The third-order valence-electron chi connectivity index (χ3n) is 4.29. The molecule has 0 radical (unpaired) electrons. The van der Waals surface area contributed by atoms with Gasteiger partial charge in [0.15, 0.2) is 0 Å². The second-order valence-corrected chi connectivity index (χ2v) is 6.27. The van der Waals surface area contributed by atoms with Gasteiger partial charge in [0, 0.05) is 24.8 Å². The van der Waals surface area contributed by atoms with Crippen LogP contribution in [-0.2, 0) is 0 Å². The van der Waals surface area contributed by atoms with E-state index in [4.69, 9.17) is 9.73 Å². The van der Waals surface area contributed by atoms with Crippen LogP contribution in [0.5, 0.6) is 5.75 Å². The number of hydrogen-bond donors (Lipinski definition) is 3. The maximum absolute atomic E-state index is 10.0. The van der Waals surface area contributed by atoms with Crippen LogP contribution >= 0.6 is 0 Å². The number of nitrogens with one attached hydrogen (secondary N) is 2. The molecule has 138 valence electrons. The molecule has 0 fully saturated rings. The average molecular weight is 363 g/mol. The number of aliphatic hydroxyl groups is 1. The molecule has 7 nitrogen and oxygen atoms in total. The van der Waals surface area contributed by atoms with Crippen LogP contribution in [0.4, 0.5) is 0 Å². The summed E-state index contributed by atoms with van der Waals surface area (Å²) in [5.41, 5.74) is 4.60. The van der Waals surface area contributed by atoms with Gasteiger partial charge in [-0.05, 0) is 24.3 Å². The van der Waals surface area contributed by atoms with Gasteiger partial charge in [-0.1, -0.05) is 18.2 Å². The molecule has 2 aromatic heterocycles. The van der Waals surface area contributed by atoms with E-state index in [2.05, 4.69) is 20.3 Å². The van der Waals surface area contributed by atoms with Gasteiger partial charge in [0.1, 0.15) is 24.8 Å². The van der Waals surface area contributed by atoms with Crippen molar-refractivity contribution in [1.82, 2.24) is 20.3 Å². The minimum Gasteiger partial charge on any atom is -0.491 e. The van der Waals surface area contributed by atoms with E-state index in [9.17, 15) is 5.11 Å². The Morgan fingerprint density at radius 1 is 1.15 bits per heavy atom. The minimum atomic E-state index is -0.576. The molecule has 1 atom stereocenters. The van der Waals surface area contributed by atoms with Crippen molar-refractivity contribution in [2.24, 2.45) is 4.99 Å². The lowest BCUT2D eigenvalue weighted by Crippen LogP contribution is -2.33. The molecule has 0 spiro atoms. The van der Waals surface area contributed by atoms with Gasteiger partial charge < -0.3 is 20.1 Å². The number of nitrogens with zero attached hydrogens (tertiary/aromatic N) is 3. The summed E-state index contributed by atoms with van der Waals surface area (Å²) in [7, 11) is 0. The Morgan fingerprint density at radius 2 is 2.00 bits per heavy atom. The Labute approximate surface area is 157 Å². The number of para-hydroxylation sites is 1. The topological polar surface area (TPSA) is 95.4 Å². The number of benzene rings is 1. The van der Waals surface area contributed by atoms with Gasteiger partial charge in [0.2, 0.25) is 0 Å². The molecule has 1 aromatic carbocycles. The molecule has 1 aliphatic rings. The third kappa shape index (κ3) is 4.05. The fraction of sp³-hybridized carbons (Fsp3) is 0.250. The number of aliphatic imine (C=N–C) groups is 1. The number of fused-ring (bicyclic) bond motifs is 4. The van der Waals surface area contributed by atoms with E-state index < -0.39 is 6.10 Å². The van der Waals surface area contributed by atoms with E-state index in [1.807, 2.05) is 48.7 Å². The molecule has 1 unspecified atom stereocenters. The number of aromatic nitrogens is 3. The Kier molecular flexibility index (Phi) is 5.22. The highest BCUT2D eigenvalue weighted by Crippen LogP contribution is 2.27. The monoisotopic (exact) mass is 363 g/mol. The molecule has 1 aliphatic carbocycles. The highest BCUT2D eigenvalue weighted by atomic mass is 16.5. The van der Waals surface area contributed by atoms with E-state index in [1.165, 1.54) is 0 Å². The molecular weight excluding hydrogens is 342 g/mol. The summed E-state index contributed by atoms with van der Waals surface area (Å²) in [6, 6.07) is 13.4. The number of rotatable bonds is 8. The Hall–Kier alpha value is -3.03. The number of hydrogen-bond acceptors (Lipinski definition) is 6. The van der Waals surface area contributed by atoms with Gasteiger partial charge in [-0.3, -0.25) is 4.99 Å². The number of H-pyrrole nitrogens is 1. The molecule has 3 N–H and O–H groups in total. The van der Waals surface area contributed by atoms with Crippen molar-refractivity contribution in [3.63, 3.8) is 0 Å². The van der Waals surface area contributed by atoms with Crippen LogP contribution in [0.25, 0.3) is 11.4 Å². The molecule has 3 aromatic rings. The van der Waals surface area contributed by atoms with E-state index in [0.717, 1.165) is 34.1 Å². The lowest BCUT2D eigenvalue weighted by Gasteiger charge is -2.15. The van der Waals surface area contributed by atoms with Crippen LogP contribution < -0.4 is 10.1 Å². The van der Waals surface area contributed by atoms with Gasteiger partial charge in [0.25, 0.3) is 0 Å². The normalized spacial score (nSPS) is 14.8. The van der Waals surface area contributed by atoms with E-state index in [0.29, 0.717) is 19.6 Å². The van der Waals surface area contributed by atoms with Crippen LogP contribution in [0.3, 0.4) is 0 Å². The van der Waals surface area contributed by atoms with Crippen LogP contribution in [0.15, 0.2) is 60.0 Å². The van der Waals surface area contributed by atoms with Gasteiger partial charge in [-0.2, -0.15) is 0 Å². The van der Waals surface area contributed by atoms with Crippen molar-refractivity contribution < 1.29 is 9.84 Å². The number of aromatic amines is 1. The highest BCUT2D eigenvalue weighted by Gasteiger charge is 2.21. The number of ether oxygens (including phenoxy) is 1. The van der Waals surface area contributed by atoms with Crippen LogP contribution in [0, 0.1) is 0 Å². The first-order valence-electron chi connectivity index (χ1n) is 8.93. The second kappa shape index (κ2) is 8.11. The Morgan fingerprint density at radius 3 is 2.89 bits per heavy atom. The summed E-state index contributed by atoms with van der Waals surface area (Å²) >= 11 is 0. The predicted octanol–water partition coefficient (Wildman–Crippen LogP) is 1.65. The number of aliphatic hydroxyl groups excluding tert-OH is 1. The third-order valence-corrected chi connectivity index (χ3v) is 4.29. The Balaban J connectivity index is 1.25. The molecule has 0 amide bonds. The molecule has 4 rings (SSSR count). The molecule has 2 bridgehead atoms. The van der Waals surface area contributed by atoms with Gasteiger partial charge in [0.05, 0.1) is 29.3 Å². The summed E-state index contributed by atoms with van der Waals surface area (Å²) in [6.45, 7) is 1.95. The van der Waals surface area contributed by atoms with Crippen molar-refractivity contribution in [3.8, 4) is 17.1 Å². The van der Waals surface area contributed by atoms with Crippen molar-refractivity contribution in [1.29, 1.82) is 0 Å². The molecular formula is C20H21N5O2. The smallest absolute Gasteiger partial charge is 0.119 e. The predicted molar refractivity (Wildman–Crippen MR) is 103 cm³/mol. The van der Waals surface area contributed by atoms with E-state index >= 15 is 0 Å². The first kappa shape index (κ1) is 17.4. The van der Waals surface area contributed by atoms with Gasteiger partial charge in [-0.25, -0.2) is 9.97 Å². The summed E-state index contributed by atoms with van der Waals surface area (Å²) < 4.78 is 5.54.